The molecule has 1 aromatic rings. The van der Waals surface area contributed by atoms with Gasteiger partial charge in [0, 0.05) is 23.7 Å². The molecule has 4 nitrogen and oxygen atoms in total. The monoisotopic (exact) mass is 289 g/mol. The van der Waals surface area contributed by atoms with E-state index in [9.17, 15) is 4.79 Å². The molecular weight excluding hydrogens is 270 g/mol. The summed E-state index contributed by atoms with van der Waals surface area (Å²) in [6, 6.07) is 1.70. The van der Waals surface area contributed by atoms with E-state index < -0.39 is 0 Å². The lowest BCUT2D eigenvalue weighted by Gasteiger charge is -2.40. The van der Waals surface area contributed by atoms with E-state index in [0.29, 0.717) is 17.7 Å². The summed E-state index contributed by atoms with van der Waals surface area (Å²) >= 11 is 1.84. The Kier molecular flexibility index (Phi) is 5.05. The molecule has 0 unspecified atom stereocenters. The van der Waals surface area contributed by atoms with E-state index in [0.717, 1.165) is 0 Å². The van der Waals surface area contributed by atoms with E-state index in [1.165, 1.54) is 19.3 Å². The van der Waals surface area contributed by atoms with Gasteiger partial charge < -0.3 is 11.1 Å². The van der Waals surface area contributed by atoms with Crippen LogP contribution in [-0.2, 0) is 0 Å². The van der Waals surface area contributed by atoms with Crippen molar-refractivity contribution in [1.29, 1.82) is 0 Å². The SMILES string of the molecule is CSC1(CNC(=O)c2ccncc2C#CCN)CCC1. The van der Waals surface area contributed by atoms with Gasteiger partial charge in [-0.3, -0.25) is 9.78 Å². The average molecular weight is 289 g/mol. The second kappa shape index (κ2) is 6.78. The zero-order valence-corrected chi connectivity index (χ0v) is 12.4. The smallest absolute Gasteiger partial charge is 0.252 e. The number of pyridine rings is 1. The summed E-state index contributed by atoms with van der Waals surface area (Å²) in [5.41, 5.74) is 6.56. The van der Waals surface area contributed by atoms with Crippen LogP contribution in [0.4, 0.5) is 0 Å². The molecule has 0 spiro atoms. The fourth-order valence-corrected chi connectivity index (χ4v) is 3.11. The molecule has 1 saturated carbocycles. The first-order valence-electron chi connectivity index (χ1n) is 6.67. The molecular formula is C15H19N3OS. The Morgan fingerprint density at radius 1 is 1.60 bits per heavy atom. The zero-order chi connectivity index (χ0) is 14.4. The molecule has 1 amide bonds. The van der Waals surface area contributed by atoms with Crippen LogP contribution in [0.1, 0.15) is 35.2 Å². The Hall–Kier alpha value is -1.51. The first-order valence-corrected chi connectivity index (χ1v) is 7.89. The predicted molar refractivity (Wildman–Crippen MR) is 82.6 cm³/mol. The number of amides is 1. The highest BCUT2D eigenvalue weighted by Gasteiger charge is 2.36. The Bertz CT molecular complexity index is 538. The molecule has 20 heavy (non-hydrogen) atoms. The van der Waals surface area contributed by atoms with Gasteiger partial charge in [-0.25, -0.2) is 0 Å². The molecule has 1 aliphatic rings. The molecule has 3 N–H and O–H groups in total. The van der Waals surface area contributed by atoms with Gasteiger partial charge in [-0.05, 0) is 25.2 Å². The number of nitrogens with one attached hydrogen (secondary N) is 1. The molecule has 106 valence electrons. The molecule has 0 radical (unpaired) electrons. The quantitative estimate of drug-likeness (QED) is 0.822. The molecule has 0 saturated heterocycles. The molecule has 1 aliphatic carbocycles. The Balaban J connectivity index is 2.05. The number of nitrogens with zero attached hydrogens (tertiary/aromatic N) is 1. The number of rotatable bonds is 4. The van der Waals surface area contributed by atoms with Crippen molar-refractivity contribution in [3.8, 4) is 11.8 Å². The van der Waals surface area contributed by atoms with Crippen LogP contribution >= 0.6 is 11.8 Å². The van der Waals surface area contributed by atoms with Gasteiger partial charge in [0.2, 0.25) is 0 Å². The lowest BCUT2D eigenvalue weighted by Crippen LogP contribution is -2.45. The number of carbonyl (C=O) groups is 1. The van der Waals surface area contributed by atoms with Crippen molar-refractivity contribution in [3.05, 3.63) is 29.6 Å². The van der Waals surface area contributed by atoms with Crippen LogP contribution in [0.15, 0.2) is 18.5 Å². The second-order valence-corrected chi connectivity index (χ2v) is 6.12. The van der Waals surface area contributed by atoms with Crippen molar-refractivity contribution in [3.63, 3.8) is 0 Å². The maximum atomic E-state index is 12.3. The van der Waals surface area contributed by atoms with E-state index in [4.69, 9.17) is 5.73 Å². The Labute approximate surface area is 123 Å². The molecule has 2 rings (SSSR count). The van der Waals surface area contributed by atoms with Gasteiger partial charge >= 0.3 is 0 Å². The van der Waals surface area contributed by atoms with Gasteiger partial charge in [-0.1, -0.05) is 18.3 Å². The lowest BCUT2D eigenvalue weighted by molar-refractivity contribution is 0.0943. The predicted octanol–water partition coefficient (Wildman–Crippen LogP) is 1.41. The van der Waals surface area contributed by atoms with Gasteiger partial charge in [-0.2, -0.15) is 11.8 Å². The number of thioether (sulfide) groups is 1. The van der Waals surface area contributed by atoms with Crippen molar-refractivity contribution in [1.82, 2.24) is 10.3 Å². The largest absolute Gasteiger partial charge is 0.351 e. The molecule has 0 aliphatic heterocycles. The minimum Gasteiger partial charge on any atom is -0.351 e. The number of aromatic nitrogens is 1. The number of carbonyl (C=O) groups excluding carboxylic acids is 1. The molecule has 1 fully saturated rings. The van der Waals surface area contributed by atoms with Gasteiger partial charge in [0.15, 0.2) is 0 Å². The van der Waals surface area contributed by atoms with Crippen LogP contribution in [0.25, 0.3) is 0 Å². The highest BCUT2D eigenvalue weighted by Crippen LogP contribution is 2.42. The van der Waals surface area contributed by atoms with Crippen molar-refractivity contribution >= 4 is 17.7 Å². The molecule has 1 aromatic heterocycles. The molecule has 1 heterocycles. The fourth-order valence-electron chi connectivity index (χ4n) is 2.20. The van der Waals surface area contributed by atoms with Gasteiger partial charge in [0.1, 0.15) is 0 Å². The van der Waals surface area contributed by atoms with Crippen molar-refractivity contribution in [2.24, 2.45) is 5.73 Å². The number of hydrogen-bond donors (Lipinski definition) is 2. The van der Waals surface area contributed by atoms with Crippen molar-refractivity contribution in [2.45, 2.75) is 24.0 Å². The Morgan fingerprint density at radius 2 is 2.40 bits per heavy atom. The average Bonchev–Trinajstić information content (AvgIpc) is 2.44. The van der Waals surface area contributed by atoms with Gasteiger partial charge in [-0.15, -0.1) is 0 Å². The van der Waals surface area contributed by atoms with Crippen LogP contribution in [0.5, 0.6) is 0 Å². The van der Waals surface area contributed by atoms with Crippen LogP contribution in [0, 0.1) is 11.8 Å². The third-order valence-corrected chi connectivity index (χ3v) is 5.08. The fraction of sp³-hybridized carbons (Fsp3) is 0.467. The van der Waals surface area contributed by atoms with Crippen LogP contribution in [-0.4, -0.2) is 35.0 Å². The highest BCUT2D eigenvalue weighted by atomic mass is 32.2. The number of nitrogens with two attached hydrogens (primary N) is 1. The second-order valence-electron chi connectivity index (χ2n) is 4.85. The maximum absolute atomic E-state index is 12.3. The molecule has 0 aromatic carbocycles. The first-order chi connectivity index (χ1) is 9.71. The van der Waals surface area contributed by atoms with Crippen LogP contribution < -0.4 is 11.1 Å². The highest BCUT2D eigenvalue weighted by molar-refractivity contribution is 8.00. The normalized spacial score (nSPS) is 15.7. The summed E-state index contributed by atoms with van der Waals surface area (Å²) in [6.45, 7) is 0.977. The van der Waals surface area contributed by atoms with E-state index in [2.05, 4.69) is 28.4 Å². The van der Waals surface area contributed by atoms with Gasteiger partial charge in [0.05, 0.1) is 17.7 Å². The summed E-state index contributed by atoms with van der Waals surface area (Å²) in [5, 5.41) is 3.02. The van der Waals surface area contributed by atoms with E-state index in [-0.39, 0.29) is 17.2 Å². The summed E-state index contributed by atoms with van der Waals surface area (Å²) in [7, 11) is 0. The van der Waals surface area contributed by atoms with E-state index >= 15 is 0 Å². The number of hydrogen-bond acceptors (Lipinski definition) is 4. The summed E-state index contributed by atoms with van der Waals surface area (Å²) < 4.78 is 0.228. The zero-order valence-electron chi connectivity index (χ0n) is 11.6. The van der Waals surface area contributed by atoms with E-state index in [1.54, 1.807) is 18.5 Å². The van der Waals surface area contributed by atoms with Crippen molar-refractivity contribution in [2.75, 3.05) is 19.3 Å². The molecule has 0 atom stereocenters. The van der Waals surface area contributed by atoms with Crippen LogP contribution in [0.3, 0.4) is 0 Å². The first kappa shape index (κ1) is 14.9. The topological polar surface area (TPSA) is 68.0 Å². The van der Waals surface area contributed by atoms with Crippen LogP contribution in [0.2, 0.25) is 0 Å². The lowest BCUT2D eigenvalue weighted by atomic mass is 9.84. The minimum absolute atomic E-state index is 0.0888. The molecule has 5 heteroatoms. The summed E-state index contributed by atoms with van der Waals surface area (Å²) in [4.78, 5) is 16.3. The summed E-state index contributed by atoms with van der Waals surface area (Å²) in [5.74, 6) is 5.56. The molecule has 0 bridgehead atoms. The maximum Gasteiger partial charge on any atom is 0.252 e. The van der Waals surface area contributed by atoms with Crippen molar-refractivity contribution < 1.29 is 4.79 Å². The van der Waals surface area contributed by atoms with Gasteiger partial charge in [0.25, 0.3) is 5.91 Å². The third kappa shape index (κ3) is 3.33. The Morgan fingerprint density at radius 3 is 3.00 bits per heavy atom. The standard InChI is InChI=1S/C15H19N3OS/c1-20-15(6-3-7-15)11-18-14(19)13-5-9-17-10-12(13)4-2-8-16/h5,9-10H,3,6-8,11,16H2,1H3,(H,18,19). The minimum atomic E-state index is -0.0888. The van der Waals surface area contributed by atoms with E-state index in [1.807, 2.05) is 11.8 Å². The summed E-state index contributed by atoms with van der Waals surface area (Å²) in [6.07, 6.45) is 8.91. The third-order valence-electron chi connectivity index (χ3n) is 3.66.